The summed E-state index contributed by atoms with van der Waals surface area (Å²) >= 11 is 0. The molecule has 10 amide bonds. The summed E-state index contributed by atoms with van der Waals surface area (Å²) in [5.74, 6) is -11.6. The topological polar surface area (TPSA) is 492 Å². The number of H-pyrrole nitrogens is 4. The van der Waals surface area contributed by atoms with E-state index in [4.69, 9.17) is 5.73 Å². The van der Waals surface area contributed by atoms with E-state index in [-0.39, 0.29) is 69.6 Å². The normalized spacial score (nSPS) is 16.9. The Kier molecular flexibility index (Phi) is 23.1. The second kappa shape index (κ2) is 31.6. The summed E-state index contributed by atoms with van der Waals surface area (Å²) in [6.45, 7) is -1.44. The number of carboxylic acid groups (broad SMARTS) is 2. The fourth-order valence-electron chi connectivity index (χ4n) is 10.9. The molecule has 2 aliphatic heterocycles. The molecule has 32 heteroatoms. The molecule has 6 aromatic rings. The molecule has 0 unspecified atom stereocenters. The van der Waals surface area contributed by atoms with Gasteiger partial charge < -0.3 is 93.7 Å². The van der Waals surface area contributed by atoms with Gasteiger partial charge in [0.15, 0.2) is 0 Å². The first-order valence-electron chi connectivity index (χ1n) is 29.6. The number of carboxylic acids is 2. The number of likely N-dealkylation sites (tertiary alicyclic amines) is 1. The van der Waals surface area contributed by atoms with Crippen molar-refractivity contribution < 1.29 is 72.9 Å². The molecular weight excluding hydrogens is 1190 g/mol. The third-order valence-corrected chi connectivity index (χ3v) is 15.6. The summed E-state index contributed by atoms with van der Waals surface area (Å²) < 4.78 is 0. The number of aliphatic carboxylic acids is 2. The maximum atomic E-state index is 14.7. The third-order valence-electron chi connectivity index (χ3n) is 15.6. The smallest absolute Gasteiger partial charge is 0.322 e. The predicted molar refractivity (Wildman–Crippen MR) is 321 cm³/mol. The number of amides is 10. The molecule has 91 heavy (non-hydrogen) atoms. The van der Waals surface area contributed by atoms with Crippen molar-refractivity contribution in [1.82, 2.24) is 82.7 Å². The summed E-state index contributed by atoms with van der Waals surface area (Å²) in [5.41, 5.74) is 8.84. The molecule has 2 aliphatic rings. The van der Waals surface area contributed by atoms with Crippen molar-refractivity contribution in [2.75, 3.05) is 26.2 Å². The standard InChI is InChI=1S/C59H73N17O15/c60-16-6-5-12-40(59(91)76-17-7-13-47(76)58(90)65-27-50(81)82)69-52(84)41(18-31-23-63-37-10-3-1-8-35(31)37)71-56(88)45(22-49(79)80)74-55(87)44(21-34-26-62-30-67-34)73-57(89)46(28-77)75-53(85)42(19-32-24-64-38-11-4-2-9-36(32)38)70-54(86)43(20-33-25-61-29-66-33)72-51(83)39-14-15-48(78)68-39/h1-4,8-11,23-26,29-30,39-47,63-64,77H,5-7,12-22,27-28,60H2,(H,61,66)(H,62,67)(H,65,90)(H,68,78)(H,69,84)(H,70,86)(H,71,88)(H,72,83)(H,73,89)(H,74,87)(H,75,85)(H,79,80)(H,81,82)/t39-,40-,41-,42-,43-,44-,45-,46-,47-/m0/s1. The minimum absolute atomic E-state index is 0.0261. The van der Waals surface area contributed by atoms with Crippen molar-refractivity contribution in [2.45, 2.75) is 131 Å². The van der Waals surface area contributed by atoms with Crippen molar-refractivity contribution in [2.24, 2.45) is 5.73 Å². The molecule has 9 atom stereocenters. The highest BCUT2D eigenvalue weighted by molar-refractivity contribution is 6.00. The molecule has 2 aromatic carbocycles. The maximum Gasteiger partial charge on any atom is 0.322 e. The lowest BCUT2D eigenvalue weighted by Crippen LogP contribution is -2.61. The molecule has 8 rings (SSSR count). The summed E-state index contributed by atoms with van der Waals surface area (Å²) in [7, 11) is 0. The van der Waals surface area contributed by atoms with Gasteiger partial charge in [0, 0.05) is 96.6 Å². The van der Waals surface area contributed by atoms with E-state index in [0.29, 0.717) is 57.9 Å². The van der Waals surface area contributed by atoms with Crippen molar-refractivity contribution in [3.8, 4) is 0 Å². The number of nitrogens with zero attached hydrogens (tertiary/aromatic N) is 3. The molecule has 2 fully saturated rings. The highest BCUT2D eigenvalue weighted by Crippen LogP contribution is 2.23. The van der Waals surface area contributed by atoms with Crippen LogP contribution in [0, 0.1) is 0 Å². The lowest BCUT2D eigenvalue weighted by molar-refractivity contribution is -0.143. The first-order valence-corrected chi connectivity index (χ1v) is 29.6. The fraction of sp³-hybridized carbons (Fsp3) is 0.424. The fourth-order valence-corrected chi connectivity index (χ4v) is 10.9. The Morgan fingerprint density at radius 3 is 1.57 bits per heavy atom. The molecule has 0 saturated carbocycles. The first-order chi connectivity index (χ1) is 43.8. The first kappa shape index (κ1) is 66.5. The zero-order valence-corrected chi connectivity index (χ0v) is 49.3. The number of rotatable bonds is 33. The number of carbonyl (C=O) groups excluding carboxylic acids is 10. The molecule has 0 aliphatic carbocycles. The van der Waals surface area contributed by atoms with Crippen LogP contribution in [0.3, 0.4) is 0 Å². The summed E-state index contributed by atoms with van der Waals surface area (Å²) in [5, 5.41) is 54.2. The summed E-state index contributed by atoms with van der Waals surface area (Å²) in [4.78, 5) is 185. The van der Waals surface area contributed by atoms with Gasteiger partial charge in [-0.15, -0.1) is 0 Å². The van der Waals surface area contributed by atoms with Crippen LogP contribution in [0.25, 0.3) is 21.8 Å². The maximum absolute atomic E-state index is 14.7. The van der Waals surface area contributed by atoms with Gasteiger partial charge in [0.05, 0.1) is 25.7 Å². The Morgan fingerprint density at radius 1 is 0.582 bits per heavy atom. The minimum atomic E-state index is -1.97. The van der Waals surface area contributed by atoms with Gasteiger partial charge in [-0.05, 0) is 68.3 Å². The van der Waals surface area contributed by atoms with Crippen molar-refractivity contribution in [3.05, 3.63) is 108 Å². The largest absolute Gasteiger partial charge is 0.481 e. The molecule has 0 spiro atoms. The number of unbranched alkanes of at least 4 members (excludes halogenated alkanes) is 1. The van der Waals surface area contributed by atoms with E-state index in [2.05, 4.69) is 77.8 Å². The van der Waals surface area contributed by atoms with Crippen molar-refractivity contribution >= 4 is 92.8 Å². The summed E-state index contributed by atoms with van der Waals surface area (Å²) in [6.07, 6.45) is 8.13. The van der Waals surface area contributed by atoms with E-state index in [9.17, 15) is 72.9 Å². The molecule has 484 valence electrons. The number of aliphatic hydroxyl groups is 1. The van der Waals surface area contributed by atoms with E-state index >= 15 is 0 Å². The van der Waals surface area contributed by atoms with E-state index in [1.165, 1.54) is 29.9 Å². The van der Waals surface area contributed by atoms with E-state index in [1.807, 2.05) is 0 Å². The van der Waals surface area contributed by atoms with Gasteiger partial charge in [0.2, 0.25) is 59.1 Å². The Hall–Kier alpha value is -10.5. The SMILES string of the molecule is NCCCC[C@H](NC(=O)[C@H](Cc1c[nH]c2ccccc12)NC(=O)[C@H](CC(=O)O)NC(=O)[C@H](Cc1cnc[nH]1)NC(=O)[C@H](CO)NC(=O)[C@H](Cc1c[nH]c2ccccc12)NC(=O)[C@H](Cc1cnc[nH]1)NC(=O)[C@@H]1CCC(=O)N1)C(=O)N1CCC[C@H]1C(=O)NCC(=O)O. The predicted octanol–water partition coefficient (Wildman–Crippen LogP) is -3.17. The van der Waals surface area contributed by atoms with E-state index < -0.39 is 145 Å². The highest BCUT2D eigenvalue weighted by atomic mass is 16.4. The lowest BCUT2D eigenvalue weighted by Gasteiger charge is -2.30. The van der Waals surface area contributed by atoms with Gasteiger partial charge >= 0.3 is 11.9 Å². The van der Waals surface area contributed by atoms with E-state index in [0.717, 1.165) is 0 Å². The van der Waals surface area contributed by atoms with Crippen molar-refractivity contribution in [3.63, 3.8) is 0 Å². The minimum Gasteiger partial charge on any atom is -0.481 e. The number of para-hydroxylation sites is 2. The Morgan fingerprint density at radius 2 is 1.08 bits per heavy atom. The molecule has 2 saturated heterocycles. The molecule has 4 aromatic heterocycles. The number of nitrogens with two attached hydrogens (primary N) is 1. The zero-order chi connectivity index (χ0) is 65.1. The summed E-state index contributed by atoms with van der Waals surface area (Å²) in [6, 6.07) is 0.829. The number of aromatic nitrogens is 6. The number of nitrogens with one attached hydrogen (secondary N) is 13. The average molecular weight is 1260 g/mol. The van der Waals surface area contributed by atoms with Crippen LogP contribution in [0.1, 0.15) is 73.9 Å². The number of hydrogen-bond donors (Lipinski definition) is 17. The van der Waals surface area contributed by atoms with Crippen LogP contribution in [0.4, 0.5) is 0 Å². The molecule has 32 nitrogen and oxygen atoms in total. The van der Waals surface area contributed by atoms with Crippen LogP contribution in [-0.4, -0.2) is 202 Å². The van der Waals surface area contributed by atoms with Gasteiger partial charge in [0.25, 0.3) is 0 Å². The number of hydrogen-bond acceptors (Lipinski definition) is 16. The Labute approximate surface area is 518 Å². The van der Waals surface area contributed by atoms with E-state index in [1.54, 1.807) is 60.9 Å². The second-order valence-electron chi connectivity index (χ2n) is 22.1. The Balaban J connectivity index is 1.01. The lowest BCUT2D eigenvalue weighted by atomic mass is 10.0. The van der Waals surface area contributed by atoms with Crippen LogP contribution in [0.5, 0.6) is 0 Å². The van der Waals surface area contributed by atoms with Crippen LogP contribution in [-0.2, 0) is 83.2 Å². The van der Waals surface area contributed by atoms with Gasteiger partial charge in [-0.3, -0.25) is 57.5 Å². The van der Waals surface area contributed by atoms with Gasteiger partial charge in [-0.25, -0.2) is 9.97 Å². The van der Waals surface area contributed by atoms with Gasteiger partial charge in [0.1, 0.15) is 60.9 Å². The van der Waals surface area contributed by atoms with Crippen LogP contribution < -0.4 is 53.6 Å². The van der Waals surface area contributed by atoms with Crippen molar-refractivity contribution in [1.29, 1.82) is 0 Å². The van der Waals surface area contributed by atoms with Gasteiger partial charge in [-0.2, -0.15) is 0 Å². The molecule has 0 radical (unpaired) electrons. The molecular formula is C59H73N17O15. The van der Waals surface area contributed by atoms with Crippen LogP contribution in [0.2, 0.25) is 0 Å². The number of carbonyl (C=O) groups is 12. The number of imidazole rings is 2. The number of aliphatic hydroxyl groups excluding tert-OH is 1. The average Bonchev–Trinajstić information content (AvgIpc) is 1.91. The number of benzene rings is 2. The second-order valence-corrected chi connectivity index (χ2v) is 22.1. The number of fused-ring (bicyclic) bond motifs is 2. The van der Waals surface area contributed by atoms with Crippen LogP contribution in [0.15, 0.2) is 86.0 Å². The third kappa shape index (κ3) is 18.1. The molecule has 18 N–H and O–H groups in total. The molecule has 6 heterocycles. The van der Waals surface area contributed by atoms with Crippen LogP contribution >= 0.6 is 0 Å². The van der Waals surface area contributed by atoms with Gasteiger partial charge in [-0.1, -0.05) is 36.4 Å². The quantitative estimate of drug-likeness (QED) is 0.0181. The highest BCUT2D eigenvalue weighted by Gasteiger charge is 2.40. The number of aromatic amines is 4. The monoisotopic (exact) mass is 1260 g/mol. The zero-order valence-electron chi connectivity index (χ0n) is 49.3. The Bertz CT molecular complexity index is 3590. The molecule has 0 bridgehead atoms.